The maximum atomic E-state index is 12.7. The highest BCUT2D eigenvalue weighted by molar-refractivity contribution is 6.08. The number of carbonyl (C=O) groups is 1. The minimum Gasteiger partial charge on any atom is -0.493 e. The molecule has 126 valence electrons. The van der Waals surface area contributed by atoms with E-state index in [2.05, 4.69) is 0 Å². The Kier molecular flexibility index (Phi) is 5.36. The maximum absolute atomic E-state index is 12.7. The highest BCUT2D eigenvalue weighted by Gasteiger charge is 2.27. The Balaban J connectivity index is 2.51. The van der Waals surface area contributed by atoms with Crippen molar-refractivity contribution in [2.75, 3.05) is 25.7 Å². The molecule has 0 aliphatic heterocycles. The molecule has 0 bridgehead atoms. The van der Waals surface area contributed by atoms with E-state index >= 15 is 0 Å². The number of benzene rings is 2. The quantitative estimate of drug-likeness (QED) is 0.599. The smallest absolute Gasteiger partial charge is 0.286 e. The minimum atomic E-state index is -0.603. The number of para-hydroxylation sites is 1. The van der Waals surface area contributed by atoms with E-state index in [1.54, 1.807) is 38.2 Å². The predicted octanol–water partition coefficient (Wildman–Crippen LogP) is 3.28. The second-order valence-electron chi connectivity index (χ2n) is 4.91. The largest absolute Gasteiger partial charge is 0.493 e. The van der Waals surface area contributed by atoms with Gasteiger partial charge in [0.05, 0.1) is 24.7 Å². The minimum absolute atomic E-state index is 0.0633. The molecular weight excluding hydrogens is 312 g/mol. The van der Waals surface area contributed by atoms with Crippen LogP contribution in [0.15, 0.2) is 42.5 Å². The SMILES string of the molecule is CCOc1cc([N+](=O)[O-])c(C(=O)N(C)c2ccccc2)cc1OC. The number of carbonyl (C=O) groups excluding carboxylic acids is 1. The molecule has 1 amide bonds. The number of nitro benzene ring substituents is 1. The third-order valence-corrected chi connectivity index (χ3v) is 3.46. The van der Waals surface area contributed by atoms with E-state index in [0.717, 1.165) is 0 Å². The molecule has 7 heteroatoms. The third-order valence-electron chi connectivity index (χ3n) is 3.46. The van der Waals surface area contributed by atoms with Crippen molar-refractivity contribution in [1.82, 2.24) is 0 Å². The van der Waals surface area contributed by atoms with Crippen LogP contribution in [-0.2, 0) is 0 Å². The number of nitro groups is 1. The molecule has 0 fully saturated rings. The summed E-state index contributed by atoms with van der Waals surface area (Å²) in [5.74, 6) is -0.00729. The lowest BCUT2D eigenvalue weighted by molar-refractivity contribution is -0.385. The average Bonchev–Trinajstić information content (AvgIpc) is 2.61. The van der Waals surface area contributed by atoms with Gasteiger partial charge in [-0.2, -0.15) is 0 Å². The second-order valence-corrected chi connectivity index (χ2v) is 4.91. The molecule has 24 heavy (non-hydrogen) atoms. The molecule has 7 nitrogen and oxygen atoms in total. The number of nitrogens with zero attached hydrogens (tertiary/aromatic N) is 2. The van der Waals surface area contributed by atoms with Crippen molar-refractivity contribution in [3.63, 3.8) is 0 Å². The number of anilines is 1. The van der Waals surface area contributed by atoms with Crippen LogP contribution in [0.25, 0.3) is 0 Å². The van der Waals surface area contributed by atoms with Crippen LogP contribution in [0.3, 0.4) is 0 Å². The summed E-state index contributed by atoms with van der Waals surface area (Å²) in [6, 6.07) is 11.4. The molecule has 0 spiro atoms. The lowest BCUT2D eigenvalue weighted by Crippen LogP contribution is -2.27. The lowest BCUT2D eigenvalue weighted by atomic mass is 10.1. The van der Waals surface area contributed by atoms with Crippen molar-refractivity contribution in [2.45, 2.75) is 6.92 Å². The van der Waals surface area contributed by atoms with Gasteiger partial charge in [-0.3, -0.25) is 14.9 Å². The number of amides is 1. The van der Waals surface area contributed by atoms with E-state index < -0.39 is 10.8 Å². The number of ether oxygens (including phenoxy) is 2. The van der Waals surface area contributed by atoms with Gasteiger partial charge in [0.25, 0.3) is 11.6 Å². The Labute approximate surface area is 139 Å². The fourth-order valence-electron chi connectivity index (χ4n) is 2.25. The molecule has 0 unspecified atom stereocenters. The van der Waals surface area contributed by atoms with Gasteiger partial charge in [0.15, 0.2) is 11.5 Å². The molecule has 0 radical (unpaired) electrons. The van der Waals surface area contributed by atoms with Crippen LogP contribution in [0.4, 0.5) is 11.4 Å². The van der Waals surface area contributed by atoms with E-state index in [9.17, 15) is 14.9 Å². The summed E-state index contributed by atoms with van der Waals surface area (Å²) < 4.78 is 10.5. The summed E-state index contributed by atoms with van der Waals surface area (Å²) in [6.45, 7) is 2.08. The van der Waals surface area contributed by atoms with Gasteiger partial charge in [-0.1, -0.05) is 18.2 Å². The molecule has 0 heterocycles. The molecule has 0 atom stereocenters. The van der Waals surface area contributed by atoms with Crippen molar-refractivity contribution in [3.8, 4) is 11.5 Å². The number of hydrogen-bond acceptors (Lipinski definition) is 5. The Bertz CT molecular complexity index is 746. The first kappa shape index (κ1) is 17.3. The zero-order valence-corrected chi connectivity index (χ0v) is 13.7. The van der Waals surface area contributed by atoms with Gasteiger partial charge < -0.3 is 14.4 Å². The molecule has 2 aromatic rings. The van der Waals surface area contributed by atoms with Crippen molar-refractivity contribution < 1.29 is 19.2 Å². The van der Waals surface area contributed by atoms with Crippen LogP contribution in [0.5, 0.6) is 11.5 Å². The summed E-state index contributed by atoms with van der Waals surface area (Å²) in [6.07, 6.45) is 0. The van der Waals surface area contributed by atoms with Gasteiger partial charge in [-0.05, 0) is 19.1 Å². The topological polar surface area (TPSA) is 81.9 Å². The maximum Gasteiger partial charge on any atom is 0.286 e. The first-order chi connectivity index (χ1) is 11.5. The van der Waals surface area contributed by atoms with Gasteiger partial charge in [0.1, 0.15) is 5.56 Å². The van der Waals surface area contributed by atoms with Crippen LogP contribution in [0.2, 0.25) is 0 Å². The van der Waals surface area contributed by atoms with E-state index in [0.29, 0.717) is 12.3 Å². The Morgan fingerprint density at radius 2 is 1.88 bits per heavy atom. The van der Waals surface area contributed by atoms with Crippen molar-refractivity contribution in [3.05, 3.63) is 58.1 Å². The molecule has 0 aliphatic rings. The third kappa shape index (κ3) is 3.45. The zero-order chi connectivity index (χ0) is 17.7. The van der Waals surface area contributed by atoms with Crippen molar-refractivity contribution >= 4 is 17.3 Å². The summed E-state index contributed by atoms with van der Waals surface area (Å²) in [5.41, 5.74) is 0.239. The molecule has 0 saturated carbocycles. The highest BCUT2D eigenvalue weighted by Crippen LogP contribution is 2.35. The molecule has 0 N–H and O–H groups in total. The summed E-state index contributed by atoms with van der Waals surface area (Å²) in [7, 11) is 2.98. The molecular formula is C17H18N2O5. The van der Waals surface area contributed by atoms with E-state index in [4.69, 9.17) is 9.47 Å². The Hall–Kier alpha value is -3.09. The average molecular weight is 330 g/mol. The lowest BCUT2D eigenvalue weighted by Gasteiger charge is -2.18. The van der Waals surface area contributed by atoms with Gasteiger partial charge in [-0.15, -0.1) is 0 Å². The van der Waals surface area contributed by atoms with Crippen LogP contribution >= 0.6 is 0 Å². The molecule has 2 rings (SSSR count). The Morgan fingerprint density at radius 1 is 1.21 bits per heavy atom. The molecule has 0 aromatic heterocycles. The summed E-state index contributed by atoms with van der Waals surface area (Å²) in [5, 5.41) is 11.4. The number of rotatable bonds is 6. The fraction of sp³-hybridized carbons (Fsp3) is 0.235. The summed E-state index contributed by atoms with van der Waals surface area (Å²) >= 11 is 0. The molecule has 2 aromatic carbocycles. The second kappa shape index (κ2) is 7.45. The van der Waals surface area contributed by atoms with Crippen LogP contribution in [0.1, 0.15) is 17.3 Å². The van der Waals surface area contributed by atoms with Crippen molar-refractivity contribution in [2.24, 2.45) is 0 Å². The highest BCUT2D eigenvalue weighted by atomic mass is 16.6. The van der Waals surface area contributed by atoms with E-state index in [1.807, 2.05) is 6.07 Å². The molecule has 0 saturated heterocycles. The fourth-order valence-corrected chi connectivity index (χ4v) is 2.25. The first-order valence-electron chi connectivity index (χ1n) is 7.31. The monoisotopic (exact) mass is 330 g/mol. The van der Waals surface area contributed by atoms with Crippen molar-refractivity contribution in [1.29, 1.82) is 0 Å². The number of hydrogen-bond donors (Lipinski definition) is 0. The van der Waals surface area contributed by atoms with Crippen LogP contribution < -0.4 is 14.4 Å². The van der Waals surface area contributed by atoms with Crippen LogP contribution in [0, 0.1) is 10.1 Å². The first-order valence-corrected chi connectivity index (χ1v) is 7.31. The van der Waals surface area contributed by atoms with E-state index in [-0.39, 0.29) is 22.7 Å². The zero-order valence-electron chi connectivity index (χ0n) is 13.7. The van der Waals surface area contributed by atoms with Gasteiger partial charge in [0, 0.05) is 18.8 Å². The normalized spacial score (nSPS) is 10.1. The summed E-state index contributed by atoms with van der Waals surface area (Å²) in [4.78, 5) is 24.9. The van der Waals surface area contributed by atoms with Gasteiger partial charge in [-0.25, -0.2) is 0 Å². The predicted molar refractivity (Wildman–Crippen MR) is 90.0 cm³/mol. The number of methoxy groups -OCH3 is 1. The van der Waals surface area contributed by atoms with Gasteiger partial charge in [0.2, 0.25) is 0 Å². The van der Waals surface area contributed by atoms with Gasteiger partial charge >= 0.3 is 0 Å². The van der Waals surface area contributed by atoms with Crippen LogP contribution in [-0.4, -0.2) is 31.6 Å². The standard InChI is InChI=1S/C17H18N2O5/c1-4-24-16-11-14(19(21)22)13(10-15(16)23-3)17(20)18(2)12-8-6-5-7-9-12/h5-11H,4H2,1-3H3. The van der Waals surface area contributed by atoms with E-state index in [1.165, 1.54) is 24.1 Å². The molecule has 0 aliphatic carbocycles. The Morgan fingerprint density at radius 3 is 2.42 bits per heavy atom.